The molecule has 146 valence electrons. The Morgan fingerprint density at radius 1 is 1.03 bits per heavy atom. The van der Waals surface area contributed by atoms with Crippen LogP contribution in [0.5, 0.6) is 0 Å². The van der Waals surface area contributed by atoms with Crippen LogP contribution < -0.4 is 11.2 Å². The van der Waals surface area contributed by atoms with E-state index in [1.807, 2.05) is 0 Å². The van der Waals surface area contributed by atoms with Gasteiger partial charge in [0.2, 0.25) is 5.90 Å². The molecular weight excluding hydrogens is 436 g/mol. The van der Waals surface area contributed by atoms with E-state index in [-0.39, 0.29) is 24.0 Å². The van der Waals surface area contributed by atoms with Crippen molar-refractivity contribution in [2.75, 3.05) is 5.32 Å². The minimum absolute atomic E-state index is 0.0571. The average Bonchev–Trinajstić information content (AvgIpc) is 2.75. The molecule has 0 spiro atoms. The second kappa shape index (κ2) is 9.22. The van der Waals surface area contributed by atoms with E-state index in [0.717, 1.165) is 4.47 Å². The number of amides is 1. The van der Waals surface area contributed by atoms with E-state index in [0.29, 0.717) is 28.1 Å². The lowest BCUT2D eigenvalue weighted by Crippen LogP contribution is -2.16. The van der Waals surface area contributed by atoms with Crippen molar-refractivity contribution in [2.24, 2.45) is 5.90 Å². The van der Waals surface area contributed by atoms with E-state index in [9.17, 15) is 9.59 Å². The number of hydrogen-bond acceptors (Lipinski definition) is 6. The number of pyridine rings is 1. The van der Waals surface area contributed by atoms with Crippen LogP contribution >= 0.6 is 15.9 Å². The van der Waals surface area contributed by atoms with Gasteiger partial charge in [-0.25, -0.2) is 4.98 Å². The Labute approximate surface area is 175 Å². The number of hydrogen-bond donors (Lipinski definition) is 3. The Bertz CT molecular complexity index is 1050. The van der Waals surface area contributed by atoms with Crippen LogP contribution in [0, 0.1) is 5.41 Å². The van der Waals surface area contributed by atoms with Gasteiger partial charge in [-0.1, -0.05) is 30.3 Å². The van der Waals surface area contributed by atoms with Gasteiger partial charge in [-0.2, -0.15) is 5.90 Å². The van der Waals surface area contributed by atoms with Crippen molar-refractivity contribution in [1.29, 1.82) is 5.41 Å². The first-order valence-corrected chi connectivity index (χ1v) is 9.37. The lowest BCUT2D eigenvalue weighted by Gasteiger charge is -2.10. The highest BCUT2D eigenvalue weighted by atomic mass is 79.9. The molecule has 1 aromatic heterocycles. The summed E-state index contributed by atoms with van der Waals surface area (Å²) in [5, 5.41) is 10.3. The summed E-state index contributed by atoms with van der Waals surface area (Å²) in [7, 11) is 0. The average molecular weight is 453 g/mol. The van der Waals surface area contributed by atoms with Crippen LogP contribution in [-0.2, 0) is 11.3 Å². The molecule has 0 aliphatic heterocycles. The Morgan fingerprint density at radius 3 is 2.38 bits per heavy atom. The number of aromatic nitrogens is 1. The van der Waals surface area contributed by atoms with Crippen LogP contribution in [0.1, 0.15) is 31.8 Å². The summed E-state index contributed by atoms with van der Waals surface area (Å²) in [5.74, 6) is 4.71. The van der Waals surface area contributed by atoms with E-state index in [1.54, 1.807) is 66.9 Å². The van der Waals surface area contributed by atoms with Crippen molar-refractivity contribution >= 4 is 39.3 Å². The summed E-state index contributed by atoms with van der Waals surface area (Å²) in [4.78, 5) is 33.8. The van der Waals surface area contributed by atoms with Gasteiger partial charge in [-0.05, 0) is 51.8 Å². The molecule has 0 saturated carbocycles. The van der Waals surface area contributed by atoms with Crippen molar-refractivity contribution in [1.82, 2.24) is 4.98 Å². The van der Waals surface area contributed by atoms with Crippen molar-refractivity contribution in [3.05, 3.63) is 93.6 Å². The Hall–Kier alpha value is -3.36. The fourth-order valence-electron chi connectivity index (χ4n) is 2.68. The topological polar surface area (TPSA) is 118 Å². The number of carbonyl (C=O) groups is 2. The summed E-state index contributed by atoms with van der Waals surface area (Å²) >= 11 is 3.30. The minimum Gasteiger partial charge on any atom is -0.391 e. The highest BCUT2D eigenvalue weighted by Gasteiger charge is 2.16. The van der Waals surface area contributed by atoms with E-state index >= 15 is 0 Å². The van der Waals surface area contributed by atoms with E-state index in [1.165, 1.54) is 0 Å². The second-order valence-electron chi connectivity index (χ2n) is 6.10. The maximum Gasteiger partial charge on any atom is 0.257 e. The molecule has 0 atom stereocenters. The Balaban J connectivity index is 1.76. The first kappa shape index (κ1) is 20.4. The molecule has 0 unspecified atom stereocenters. The highest BCUT2D eigenvalue weighted by Crippen LogP contribution is 2.16. The summed E-state index contributed by atoms with van der Waals surface area (Å²) in [6.45, 7) is 0. The third kappa shape index (κ3) is 5.13. The molecule has 7 nitrogen and oxygen atoms in total. The number of halogens is 1. The van der Waals surface area contributed by atoms with Crippen LogP contribution in [0.15, 0.2) is 71.3 Å². The Kier molecular flexibility index (Phi) is 6.48. The third-order valence-electron chi connectivity index (χ3n) is 4.17. The molecule has 0 aliphatic rings. The molecule has 0 aliphatic carbocycles. The third-order valence-corrected chi connectivity index (χ3v) is 4.64. The lowest BCUT2D eigenvalue weighted by atomic mass is 9.97. The summed E-state index contributed by atoms with van der Waals surface area (Å²) in [6, 6.07) is 16.7. The predicted octanol–water partition coefficient (Wildman–Crippen LogP) is 3.74. The smallest absolute Gasteiger partial charge is 0.257 e. The SMILES string of the molecule is N=C(ON)c1ccc(C(=O)Cc2ccccc2C(=O)Nc2ccc(Br)cn2)cc1. The van der Waals surface area contributed by atoms with Gasteiger partial charge in [-0.15, -0.1) is 0 Å². The van der Waals surface area contributed by atoms with E-state index in [4.69, 9.17) is 11.3 Å². The fourth-order valence-corrected chi connectivity index (χ4v) is 2.91. The van der Waals surface area contributed by atoms with Crippen molar-refractivity contribution in [2.45, 2.75) is 6.42 Å². The zero-order valence-corrected chi connectivity index (χ0v) is 16.8. The number of Topliss-reactive ketones (excluding diaryl/α,β-unsaturated/α-hetero) is 1. The number of nitrogens with two attached hydrogens (primary N) is 1. The largest absolute Gasteiger partial charge is 0.391 e. The number of nitrogens with one attached hydrogen (secondary N) is 2. The molecule has 1 amide bonds. The number of rotatable bonds is 6. The molecule has 3 aromatic rings. The van der Waals surface area contributed by atoms with Crippen molar-refractivity contribution in [3.63, 3.8) is 0 Å². The first-order chi connectivity index (χ1) is 14.0. The molecule has 4 N–H and O–H groups in total. The highest BCUT2D eigenvalue weighted by molar-refractivity contribution is 9.10. The summed E-state index contributed by atoms with van der Waals surface area (Å²) in [6.07, 6.45) is 1.64. The summed E-state index contributed by atoms with van der Waals surface area (Å²) < 4.78 is 0.806. The minimum atomic E-state index is -0.341. The number of ketones is 1. The molecule has 1 heterocycles. The Morgan fingerprint density at radius 2 is 1.72 bits per heavy atom. The number of carbonyl (C=O) groups excluding carboxylic acids is 2. The molecule has 29 heavy (non-hydrogen) atoms. The van der Waals surface area contributed by atoms with E-state index < -0.39 is 0 Å². The summed E-state index contributed by atoms with van der Waals surface area (Å²) in [5.41, 5.74) is 1.93. The maximum atomic E-state index is 12.7. The zero-order valence-electron chi connectivity index (χ0n) is 15.2. The lowest BCUT2D eigenvalue weighted by molar-refractivity contribution is 0.0992. The van der Waals surface area contributed by atoms with Crippen LogP contribution in [-0.4, -0.2) is 22.6 Å². The standard InChI is InChI=1S/C21H17BrN4O3/c22-16-9-10-19(25-12-16)26-21(28)17-4-2-1-3-15(17)11-18(27)13-5-7-14(8-6-13)20(23)29-24/h1-10,12,23H,11,24H2,(H,25,26,28). The quantitative estimate of drug-likeness (QED) is 0.228. The number of anilines is 1. The van der Waals surface area contributed by atoms with E-state index in [2.05, 4.69) is 31.1 Å². The molecule has 0 radical (unpaired) electrons. The molecule has 0 saturated heterocycles. The van der Waals surface area contributed by atoms with Gasteiger partial charge in [0.05, 0.1) is 0 Å². The van der Waals surface area contributed by atoms with Gasteiger partial charge in [0.15, 0.2) is 5.78 Å². The normalized spacial score (nSPS) is 10.3. The maximum absolute atomic E-state index is 12.7. The molecular formula is C21H17BrN4O3. The predicted molar refractivity (Wildman–Crippen MR) is 113 cm³/mol. The second-order valence-corrected chi connectivity index (χ2v) is 7.01. The van der Waals surface area contributed by atoms with Crippen molar-refractivity contribution < 1.29 is 14.4 Å². The monoisotopic (exact) mass is 452 g/mol. The number of nitrogens with zero attached hydrogens (tertiary/aromatic N) is 1. The molecule has 0 bridgehead atoms. The van der Waals surface area contributed by atoms with Crippen molar-refractivity contribution in [3.8, 4) is 0 Å². The molecule has 3 rings (SSSR count). The molecule has 2 aromatic carbocycles. The van der Waals surface area contributed by atoms with Gasteiger partial charge < -0.3 is 10.2 Å². The van der Waals surface area contributed by atoms with Crippen LogP contribution in [0.2, 0.25) is 0 Å². The molecule has 0 fully saturated rings. The van der Waals surface area contributed by atoms with Crippen LogP contribution in [0.25, 0.3) is 0 Å². The van der Waals surface area contributed by atoms with Gasteiger partial charge in [-0.3, -0.25) is 15.0 Å². The zero-order chi connectivity index (χ0) is 20.8. The first-order valence-electron chi connectivity index (χ1n) is 8.57. The van der Waals surface area contributed by atoms with Gasteiger partial charge >= 0.3 is 0 Å². The van der Waals surface area contributed by atoms with Gasteiger partial charge in [0.25, 0.3) is 5.91 Å². The fraction of sp³-hybridized carbons (Fsp3) is 0.0476. The van der Waals surface area contributed by atoms with Crippen LogP contribution in [0.4, 0.5) is 5.82 Å². The van der Waals surface area contributed by atoms with Gasteiger partial charge in [0.1, 0.15) is 5.82 Å². The van der Waals surface area contributed by atoms with Gasteiger partial charge in [0, 0.05) is 33.8 Å². The van der Waals surface area contributed by atoms with Crippen LogP contribution in [0.3, 0.4) is 0 Å². The molecule has 8 heteroatoms. The number of benzene rings is 2.